The number of aliphatic hydroxyl groups is 1. The second-order valence-electron chi connectivity index (χ2n) is 5.54. The van der Waals surface area contributed by atoms with Gasteiger partial charge in [-0.2, -0.15) is 0 Å². The van der Waals surface area contributed by atoms with E-state index >= 15 is 0 Å². The largest absolute Gasteiger partial charge is 0.515 e. The number of fused-ring (bicyclic) bond motifs is 1. The molecule has 0 fully saturated rings. The lowest BCUT2D eigenvalue weighted by atomic mass is 10.0. The Labute approximate surface area is 154 Å². The number of nitrogens with two attached hydrogens (primary N) is 1. The number of nitrogens with one attached hydrogen (secondary N) is 1. The number of anilines is 2. The maximum Gasteiger partial charge on any atom is 0.337 e. The Morgan fingerprint density at radius 1 is 1.23 bits per heavy atom. The molecular weight excluding hydrogens is 354 g/mol. The molecule has 1 heterocycles. The maximum absolute atomic E-state index is 11.5. The summed E-state index contributed by atoms with van der Waals surface area (Å²) in [7, 11) is 0. The molecule has 26 heavy (non-hydrogen) atoms. The van der Waals surface area contributed by atoms with E-state index in [4.69, 9.17) is 17.3 Å². The van der Waals surface area contributed by atoms with Gasteiger partial charge in [-0.3, -0.25) is 4.98 Å². The Morgan fingerprint density at radius 3 is 2.69 bits per heavy atom. The molecule has 0 bridgehead atoms. The molecule has 2 aromatic carbocycles. The van der Waals surface area contributed by atoms with Crippen LogP contribution < -0.4 is 11.1 Å². The summed E-state index contributed by atoms with van der Waals surface area (Å²) in [5.74, 6) is -1.05. The molecule has 0 aliphatic carbocycles. The lowest BCUT2D eigenvalue weighted by molar-refractivity contribution is 0.0698. The highest BCUT2D eigenvalue weighted by molar-refractivity contribution is 6.31. The Hall–Kier alpha value is -3.09. The van der Waals surface area contributed by atoms with Crippen LogP contribution in [0.15, 0.2) is 54.9 Å². The predicted molar refractivity (Wildman–Crippen MR) is 103 cm³/mol. The van der Waals surface area contributed by atoms with Crippen LogP contribution in [0, 0.1) is 0 Å². The minimum Gasteiger partial charge on any atom is -0.515 e. The van der Waals surface area contributed by atoms with Crippen LogP contribution in [0.1, 0.15) is 15.9 Å². The molecule has 0 saturated carbocycles. The number of aromatic nitrogens is 1. The van der Waals surface area contributed by atoms with Gasteiger partial charge in [0.1, 0.15) is 0 Å². The third-order valence-electron chi connectivity index (χ3n) is 3.97. The molecule has 0 amide bonds. The molecule has 3 aromatic rings. The van der Waals surface area contributed by atoms with Gasteiger partial charge in [-0.15, -0.1) is 0 Å². The van der Waals surface area contributed by atoms with Crippen molar-refractivity contribution in [3.8, 4) is 0 Å². The topological polar surface area (TPSA) is 108 Å². The number of rotatable bonds is 5. The molecule has 0 aliphatic heterocycles. The van der Waals surface area contributed by atoms with Gasteiger partial charge in [-0.25, -0.2) is 4.79 Å². The van der Waals surface area contributed by atoms with Gasteiger partial charge >= 0.3 is 5.97 Å². The van der Waals surface area contributed by atoms with Gasteiger partial charge < -0.3 is 21.3 Å². The minimum atomic E-state index is -1.05. The summed E-state index contributed by atoms with van der Waals surface area (Å²) in [5.41, 5.74) is 8.50. The summed E-state index contributed by atoms with van der Waals surface area (Å²) in [6, 6.07) is 11.8. The summed E-state index contributed by atoms with van der Waals surface area (Å²) >= 11 is 6.14. The third-order valence-corrected chi connectivity index (χ3v) is 4.20. The smallest absolute Gasteiger partial charge is 0.337 e. The minimum absolute atomic E-state index is 0.0828. The van der Waals surface area contributed by atoms with E-state index in [0.717, 1.165) is 6.26 Å². The molecule has 0 unspecified atom stereocenters. The number of carbonyl (C=O) groups is 1. The van der Waals surface area contributed by atoms with Gasteiger partial charge in [0, 0.05) is 34.3 Å². The highest BCUT2D eigenvalue weighted by Gasteiger charge is 2.16. The quantitative estimate of drug-likeness (QED) is 0.502. The average molecular weight is 370 g/mol. The third kappa shape index (κ3) is 3.33. The number of hydrogen-bond donors (Lipinski definition) is 4. The monoisotopic (exact) mass is 369 g/mol. The zero-order chi connectivity index (χ0) is 18.7. The van der Waals surface area contributed by atoms with Crippen molar-refractivity contribution in [1.82, 2.24) is 4.98 Å². The van der Waals surface area contributed by atoms with Crippen molar-refractivity contribution in [2.45, 2.75) is 0 Å². The lowest BCUT2D eigenvalue weighted by Crippen LogP contribution is -2.08. The number of aromatic carboxylic acids is 1. The number of pyridine rings is 1. The molecule has 0 aliphatic rings. The molecule has 7 heteroatoms. The molecule has 1 aromatic heterocycles. The molecule has 0 saturated heterocycles. The highest BCUT2D eigenvalue weighted by Crippen LogP contribution is 2.35. The summed E-state index contributed by atoms with van der Waals surface area (Å²) in [6.45, 7) is 0.0828. The number of halogens is 1. The molecular formula is C19H16ClN3O3. The fraction of sp³-hybridized carbons (Fsp3) is 0.0526. The van der Waals surface area contributed by atoms with E-state index in [1.165, 1.54) is 6.07 Å². The van der Waals surface area contributed by atoms with Crippen molar-refractivity contribution in [3.63, 3.8) is 0 Å². The van der Waals surface area contributed by atoms with Crippen LogP contribution in [0.2, 0.25) is 5.02 Å². The van der Waals surface area contributed by atoms with Crippen LogP contribution in [0.4, 0.5) is 11.4 Å². The molecule has 0 atom stereocenters. The maximum atomic E-state index is 11.5. The number of benzene rings is 2. The Balaban J connectivity index is 2.27. The summed E-state index contributed by atoms with van der Waals surface area (Å²) in [6.07, 6.45) is 2.50. The van der Waals surface area contributed by atoms with Crippen LogP contribution in [0.5, 0.6) is 0 Å². The lowest BCUT2D eigenvalue weighted by Gasteiger charge is -2.17. The van der Waals surface area contributed by atoms with Gasteiger partial charge in [0.2, 0.25) is 0 Å². The van der Waals surface area contributed by atoms with Gasteiger partial charge in [-0.1, -0.05) is 23.7 Å². The van der Waals surface area contributed by atoms with E-state index in [0.29, 0.717) is 38.4 Å². The number of carboxylic acid groups (broad SMARTS) is 1. The van der Waals surface area contributed by atoms with Crippen molar-refractivity contribution < 1.29 is 15.0 Å². The first-order chi connectivity index (χ1) is 12.5. The molecule has 0 spiro atoms. The van der Waals surface area contributed by atoms with Crippen molar-refractivity contribution in [2.75, 3.05) is 11.9 Å². The van der Waals surface area contributed by atoms with E-state index in [-0.39, 0.29) is 12.1 Å². The first kappa shape index (κ1) is 17.7. The summed E-state index contributed by atoms with van der Waals surface area (Å²) < 4.78 is 0. The van der Waals surface area contributed by atoms with E-state index < -0.39 is 5.97 Å². The van der Waals surface area contributed by atoms with Gasteiger partial charge in [0.25, 0.3) is 0 Å². The van der Waals surface area contributed by atoms with E-state index in [1.54, 1.807) is 42.6 Å². The predicted octanol–water partition coefficient (Wildman–Crippen LogP) is 4.19. The van der Waals surface area contributed by atoms with E-state index in [1.807, 2.05) is 0 Å². The van der Waals surface area contributed by atoms with Crippen molar-refractivity contribution in [3.05, 3.63) is 71.1 Å². The SMILES string of the molecule is NC/C(=C\O)c1cnc2ccc(Cl)cc2c1Nc1ccccc1C(=O)O. The molecule has 5 N–H and O–H groups in total. The van der Waals surface area contributed by atoms with Gasteiger partial charge in [0.05, 0.1) is 28.7 Å². The number of carboxylic acids is 1. The number of nitrogens with zero attached hydrogens (tertiary/aromatic N) is 1. The summed E-state index contributed by atoms with van der Waals surface area (Å²) in [4.78, 5) is 15.9. The Morgan fingerprint density at radius 2 is 2.00 bits per heavy atom. The second-order valence-corrected chi connectivity index (χ2v) is 5.98. The Kier molecular flexibility index (Phi) is 5.06. The van der Waals surface area contributed by atoms with Gasteiger partial charge in [-0.05, 0) is 30.3 Å². The van der Waals surface area contributed by atoms with Crippen molar-refractivity contribution >= 4 is 45.4 Å². The summed E-state index contributed by atoms with van der Waals surface area (Å²) in [5, 5.41) is 23.3. The normalized spacial score (nSPS) is 11.5. The van der Waals surface area contributed by atoms with Crippen LogP contribution in [-0.4, -0.2) is 27.7 Å². The van der Waals surface area contributed by atoms with Crippen LogP contribution in [0.25, 0.3) is 16.5 Å². The van der Waals surface area contributed by atoms with Crippen LogP contribution in [0.3, 0.4) is 0 Å². The van der Waals surface area contributed by atoms with Crippen LogP contribution in [-0.2, 0) is 0 Å². The van der Waals surface area contributed by atoms with Crippen LogP contribution >= 0.6 is 11.6 Å². The van der Waals surface area contributed by atoms with Gasteiger partial charge in [0.15, 0.2) is 0 Å². The number of para-hydroxylation sites is 1. The Bertz CT molecular complexity index is 1020. The van der Waals surface area contributed by atoms with E-state index in [2.05, 4.69) is 10.3 Å². The molecule has 3 rings (SSSR count). The van der Waals surface area contributed by atoms with E-state index in [9.17, 15) is 15.0 Å². The molecule has 6 nitrogen and oxygen atoms in total. The first-order valence-corrected chi connectivity index (χ1v) is 8.14. The number of hydrogen-bond acceptors (Lipinski definition) is 5. The fourth-order valence-corrected chi connectivity index (χ4v) is 2.86. The average Bonchev–Trinajstić information content (AvgIpc) is 2.64. The second kappa shape index (κ2) is 7.43. The highest BCUT2D eigenvalue weighted by atomic mass is 35.5. The van der Waals surface area contributed by atoms with Crippen molar-refractivity contribution in [1.29, 1.82) is 0 Å². The molecule has 132 valence electrons. The van der Waals surface area contributed by atoms with Crippen molar-refractivity contribution in [2.24, 2.45) is 5.73 Å². The fourth-order valence-electron chi connectivity index (χ4n) is 2.69. The first-order valence-electron chi connectivity index (χ1n) is 7.76. The zero-order valence-electron chi connectivity index (χ0n) is 13.6. The standard InChI is InChI=1S/C19H16ClN3O3/c20-12-5-6-16-14(7-12)18(15(9-22-16)11(8-21)10-24)23-17-4-2-1-3-13(17)19(25)26/h1-7,9-10,24H,8,21H2,(H,22,23)(H,25,26)/b11-10+. The zero-order valence-corrected chi connectivity index (χ0v) is 14.4. The number of aliphatic hydroxyl groups excluding tert-OH is 1. The molecule has 0 radical (unpaired) electrons.